The minimum Gasteiger partial charge on any atom is -0.488 e. The smallest absolute Gasteiger partial charge is 0.230 e. The Balaban J connectivity index is 1.87. The van der Waals surface area contributed by atoms with E-state index in [1.807, 2.05) is 19.1 Å². The molecule has 0 saturated heterocycles. The largest absolute Gasteiger partial charge is 0.488 e. The molecule has 3 aromatic rings. The van der Waals surface area contributed by atoms with Crippen molar-refractivity contribution >= 4 is 23.4 Å². The van der Waals surface area contributed by atoms with Crippen molar-refractivity contribution in [3.05, 3.63) is 72.3 Å². The number of nitrogens with one attached hydrogen (secondary N) is 1. The molecular weight excluding hydrogens is 375 g/mol. The molecule has 0 atom stereocenters. The molecule has 0 aliphatic heterocycles. The number of nitrogens with zero attached hydrogens (tertiary/aromatic N) is 3. The van der Waals surface area contributed by atoms with E-state index in [2.05, 4.69) is 45.2 Å². The first-order chi connectivity index (χ1) is 13.5. The first-order valence-corrected chi connectivity index (χ1v) is 10.1. The maximum atomic E-state index is 13.7. The number of thioether (sulfide) groups is 1. The first-order valence-electron chi connectivity index (χ1n) is 8.66. The molecule has 7 heteroatoms. The highest BCUT2D eigenvalue weighted by molar-refractivity contribution is 7.97. The molecule has 0 aliphatic rings. The number of ether oxygens (including phenoxy) is 1. The number of halogens is 1. The van der Waals surface area contributed by atoms with Crippen molar-refractivity contribution in [2.75, 3.05) is 18.2 Å². The zero-order valence-electron chi connectivity index (χ0n) is 15.8. The van der Waals surface area contributed by atoms with Gasteiger partial charge in [0.2, 0.25) is 5.95 Å². The van der Waals surface area contributed by atoms with Gasteiger partial charge in [-0.3, -0.25) is 0 Å². The Morgan fingerprint density at radius 2 is 2.07 bits per heavy atom. The van der Waals surface area contributed by atoms with Crippen LogP contribution in [0.15, 0.2) is 60.9 Å². The third kappa shape index (κ3) is 5.29. The number of rotatable bonds is 8. The van der Waals surface area contributed by atoms with Crippen molar-refractivity contribution in [1.29, 1.82) is 0 Å². The first kappa shape index (κ1) is 19.8. The Morgan fingerprint density at radius 1 is 1.21 bits per heavy atom. The summed E-state index contributed by atoms with van der Waals surface area (Å²) < 4.78 is 19.4. The Morgan fingerprint density at radius 3 is 2.86 bits per heavy atom. The highest BCUT2D eigenvalue weighted by Crippen LogP contribution is 2.29. The van der Waals surface area contributed by atoms with Gasteiger partial charge in [0.25, 0.3) is 0 Å². The zero-order chi connectivity index (χ0) is 19.9. The summed E-state index contributed by atoms with van der Waals surface area (Å²) in [6.45, 7) is 5.93. The zero-order valence-corrected chi connectivity index (χ0v) is 16.6. The molecule has 5 nitrogen and oxygen atoms in total. The maximum Gasteiger partial charge on any atom is 0.230 e. The fourth-order valence-electron chi connectivity index (χ4n) is 2.52. The molecule has 0 radical (unpaired) electrons. The lowest BCUT2D eigenvalue weighted by atomic mass is 10.2. The van der Waals surface area contributed by atoms with Gasteiger partial charge in [0, 0.05) is 17.5 Å². The Labute approximate surface area is 168 Å². The van der Waals surface area contributed by atoms with Gasteiger partial charge in [0.05, 0.1) is 5.56 Å². The minimum absolute atomic E-state index is 0.287. The van der Waals surface area contributed by atoms with Gasteiger partial charge in [0.1, 0.15) is 24.5 Å². The summed E-state index contributed by atoms with van der Waals surface area (Å²) in [5.74, 6) is 1.70. The fraction of sp³-hybridized carbons (Fsp3) is 0.190. The second-order valence-electron chi connectivity index (χ2n) is 6.28. The third-order valence-electron chi connectivity index (χ3n) is 3.72. The fourth-order valence-corrected chi connectivity index (χ4v) is 3.04. The van der Waals surface area contributed by atoms with Gasteiger partial charge in [-0.15, -0.1) is 0 Å². The van der Waals surface area contributed by atoms with Crippen LogP contribution in [0.3, 0.4) is 0 Å². The van der Waals surface area contributed by atoms with E-state index in [1.54, 1.807) is 17.8 Å². The summed E-state index contributed by atoms with van der Waals surface area (Å²) in [5, 5.41) is 3.19. The molecular formula is C21H21FN4OS. The molecule has 0 spiro atoms. The van der Waals surface area contributed by atoms with Gasteiger partial charge in [-0.2, -0.15) is 16.7 Å². The number of anilines is 2. The molecule has 1 aromatic heterocycles. The quantitative estimate of drug-likeness (QED) is 0.526. The van der Waals surface area contributed by atoms with Crippen LogP contribution < -0.4 is 10.1 Å². The Bertz CT molecular complexity index is 980. The number of benzene rings is 2. The van der Waals surface area contributed by atoms with Crippen LogP contribution >= 0.6 is 11.8 Å². The maximum absolute atomic E-state index is 13.7. The van der Waals surface area contributed by atoms with Crippen LogP contribution in [0.25, 0.3) is 11.4 Å². The van der Waals surface area contributed by atoms with Crippen molar-refractivity contribution in [1.82, 2.24) is 15.0 Å². The Hall–Kier alpha value is -2.93. The van der Waals surface area contributed by atoms with Gasteiger partial charge in [0.15, 0.2) is 5.82 Å². The number of hydrogen-bond acceptors (Lipinski definition) is 6. The lowest BCUT2D eigenvalue weighted by Crippen LogP contribution is -2.03. The van der Waals surface area contributed by atoms with Crippen molar-refractivity contribution in [2.24, 2.45) is 0 Å². The van der Waals surface area contributed by atoms with Gasteiger partial charge in [-0.1, -0.05) is 18.7 Å². The van der Waals surface area contributed by atoms with Crippen LogP contribution in [-0.4, -0.2) is 27.8 Å². The summed E-state index contributed by atoms with van der Waals surface area (Å²) in [4.78, 5) is 12.9. The van der Waals surface area contributed by atoms with Crippen LogP contribution in [0, 0.1) is 5.82 Å². The molecule has 0 unspecified atom stereocenters. The second-order valence-corrected chi connectivity index (χ2v) is 7.14. The molecule has 0 fully saturated rings. The van der Waals surface area contributed by atoms with E-state index in [-0.39, 0.29) is 6.61 Å². The van der Waals surface area contributed by atoms with Crippen molar-refractivity contribution < 1.29 is 9.13 Å². The predicted octanol–water partition coefficient (Wildman–Crippen LogP) is 5.24. The second kappa shape index (κ2) is 9.32. The van der Waals surface area contributed by atoms with Crippen LogP contribution in [0.1, 0.15) is 12.5 Å². The number of aromatic nitrogens is 3. The molecule has 0 amide bonds. The van der Waals surface area contributed by atoms with E-state index in [9.17, 15) is 4.39 Å². The van der Waals surface area contributed by atoms with E-state index in [0.29, 0.717) is 23.1 Å². The molecule has 28 heavy (non-hydrogen) atoms. The van der Waals surface area contributed by atoms with Crippen LogP contribution in [0.2, 0.25) is 0 Å². The molecule has 1 N–H and O–H groups in total. The van der Waals surface area contributed by atoms with Crippen LogP contribution in [0.4, 0.5) is 16.0 Å². The molecule has 0 bridgehead atoms. The van der Waals surface area contributed by atoms with Gasteiger partial charge < -0.3 is 10.1 Å². The lowest BCUT2D eigenvalue weighted by molar-refractivity contribution is 0.352. The van der Waals surface area contributed by atoms with Crippen LogP contribution in [-0.2, 0) is 5.75 Å². The van der Waals surface area contributed by atoms with Crippen molar-refractivity contribution in [3.8, 4) is 17.1 Å². The highest BCUT2D eigenvalue weighted by atomic mass is 32.2. The van der Waals surface area contributed by atoms with E-state index >= 15 is 0 Å². The molecule has 0 saturated carbocycles. The van der Waals surface area contributed by atoms with Crippen LogP contribution in [0.5, 0.6) is 5.75 Å². The van der Waals surface area contributed by atoms with E-state index in [4.69, 9.17) is 4.74 Å². The summed E-state index contributed by atoms with van der Waals surface area (Å²) >= 11 is 1.76. The predicted molar refractivity (Wildman–Crippen MR) is 112 cm³/mol. The minimum atomic E-state index is -0.390. The van der Waals surface area contributed by atoms with E-state index < -0.39 is 5.82 Å². The number of hydrogen-bond donors (Lipinski definition) is 1. The van der Waals surface area contributed by atoms with E-state index in [0.717, 1.165) is 17.0 Å². The van der Waals surface area contributed by atoms with Gasteiger partial charge in [-0.05, 0) is 48.6 Å². The summed E-state index contributed by atoms with van der Waals surface area (Å²) in [5.41, 5.74) is 3.52. The molecule has 3 rings (SSSR count). The van der Waals surface area contributed by atoms with Gasteiger partial charge >= 0.3 is 0 Å². The average Bonchev–Trinajstić information content (AvgIpc) is 2.67. The third-order valence-corrected chi connectivity index (χ3v) is 4.35. The highest BCUT2D eigenvalue weighted by Gasteiger charge is 2.12. The molecule has 0 aliphatic carbocycles. The topological polar surface area (TPSA) is 59.9 Å². The SMILES string of the molecule is C=C(C)COc1cc(F)ccc1-c1ncnc(Nc2cccc(CSC)c2)n1. The van der Waals surface area contributed by atoms with E-state index in [1.165, 1.54) is 24.0 Å². The summed E-state index contributed by atoms with van der Waals surface area (Å²) in [7, 11) is 0. The summed E-state index contributed by atoms with van der Waals surface area (Å²) in [6.07, 6.45) is 3.48. The molecule has 2 aromatic carbocycles. The summed E-state index contributed by atoms with van der Waals surface area (Å²) in [6, 6.07) is 12.3. The average molecular weight is 396 g/mol. The normalized spacial score (nSPS) is 10.5. The Kier molecular flexibility index (Phi) is 6.60. The van der Waals surface area contributed by atoms with Crippen molar-refractivity contribution in [2.45, 2.75) is 12.7 Å². The molecule has 1 heterocycles. The van der Waals surface area contributed by atoms with Gasteiger partial charge in [-0.25, -0.2) is 14.4 Å². The standard InChI is InChI=1S/C21H21FN4OS/c1-14(2)11-27-19-10-16(22)7-8-18(19)20-23-13-24-21(26-20)25-17-6-4-5-15(9-17)12-28-3/h4-10,13H,1,11-12H2,2-3H3,(H,23,24,25,26). The van der Waals surface area contributed by atoms with Crippen molar-refractivity contribution in [3.63, 3.8) is 0 Å². The molecule has 144 valence electrons. The lowest BCUT2D eigenvalue weighted by Gasteiger charge is -2.12. The monoisotopic (exact) mass is 396 g/mol.